The Morgan fingerprint density at radius 1 is 1.12 bits per heavy atom. The van der Waals surface area contributed by atoms with E-state index in [1.165, 1.54) is 0 Å². The minimum Gasteiger partial charge on any atom is -0.385 e. The molecule has 124 valence electrons. The molecule has 1 saturated carbocycles. The van der Waals surface area contributed by atoms with E-state index in [0.717, 1.165) is 19.3 Å². The number of ether oxygens (including phenoxy) is 1. The Balaban J connectivity index is 1.87. The van der Waals surface area contributed by atoms with Crippen LogP contribution in [-0.2, 0) is 11.3 Å². The average molecular weight is 325 g/mol. The third-order valence-electron chi connectivity index (χ3n) is 4.53. The maximum Gasteiger partial charge on any atom is 0.260 e. The van der Waals surface area contributed by atoms with E-state index < -0.39 is 0 Å². The lowest BCUT2D eigenvalue weighted by atomic mass is 10.2. The number of nitrogens with zero attached hydrogens (tertiary/aromatic N) is 3. The van der Waals surface area contributed by atoms with Crippen LogP contribution in [0.5, 0.6) is 0 Å². The summed E-state index contributed by atoms with van der Waals surface area (Å²) in [5.41, 5.74) is 1.10. The Hall–Kier alpha value is -2.47. The standard InChI is InChI=1S/C18H19N3O3/c1-24-10-2-7-20-8-5-15-13(17(20)22)11-14-16(19-15)6-9-21(18(14)23)12-3-4-12/h5-6,8-9,11-12H,2-4,7,10H2,1H3. The summed E-state index contributed by atoms with van der Waals surface area (Å²) in [6.07, 6.45) is 6.41. The van der Waals surface area contributed by atoms with Crippen LogP contribution >= 0.6 is 0 Å². The van der Waals surface area contributed by atoms with Gasteiger partial charge in [-0.3, -0.25) is 9.59 Å². The first-order chi connectivity index (χ1) is 11.7. The minimum absolute atomic E-state index is 0.0569. The molecule has 6 heteroatoms. The van der Waals surface area contributed by atoms with Gasteiger partial charge in [0, 0.05) is 38.7 Å². The SMILES string of the molecule is COCCCn1ccc2nc3ccn(C4CC4)c(=O)c3cc2c1=O. The van der Waals surface area contributed by atoms with E-state index in [1.807, 2.05) is 18.3 Å². The second kappa shape index (κ2) is 5.87. The molecule has 0 N–H and O–H groups in total. The molecular weight excluding hydrogens is 306 g/mol. The van der Waals surface area contributed by atoms with Crippen molar-refractivity contribution in [2.24, 2.45) is 0 Å². The highest BCUT2D eigenvalue weighted by Crippen LogP contribution is 2.33. The van der Waals surface area contributed by atoms with E-state index in [1.54, 1.807) is 28.5 Å². The monoisotopic (exact) mass is 325 g/mol. The summed E-state index contributed by atoms with van der Waals surface area (Å²) in [5.74, 6) is 0. The maximum absolute atomic E-state index is 12.7. The molecule has 0 aliphatic heterocycles. The fraction of sp³-hybridized carbons (Fsp3) is 0.389. The molecule has 1 fully saturated rings. The van der Waals surface area contributed by atoms with Crippen LogP contribution in [0.1, 0.15) is 25.3 Å². The summed E-state index contributed by atoms with van der Waals surface area (Å²) >= 11 is 0. The maximum atomic E-state index is 12.7. The molecule has 4 rings (SSSR count). The molecular formula is C18H19N3O3. The van der Waals surface area contributed by atoms with Crippen molar-refractivity contribution in [1.82, 2.24) is 14.1 Å². The van der Waals surface area contributed by atoms with Gasteiger partial charge in [-0.15, -0.1) is 0 Å². The smallest absolute Gasteiger partial charge is 0.260 e. The second-order valence-electron chi connectivity index (χ2n) is 6.27. The lowest BCUT2D eigenvalue weighted by molar-refractivity contribution is 0.190. The van der Waals surface area contributed by atoms with Gasteiger partial charge < -0.3 is 13.9 Å². The number of aromatic nitrogens is 3. The van der Waals surface area contributed by atoms with E-state index in [-0.39, 0.29) is 11.1 Å². The first-order valence-corrected chi connectivity index (χ1v) is 8.23. The summed E-state index contributed by atoms with van der Waals surface area (Å²) in [4.78, 5) is 29.8. The molecule has 3 aromatic heterocycles. The van der Waals surface area contributed by atoms with Gasteiger partial charge in [0.25, 0.3) is 11.1 Å². The topological polar surface area (TPSA) is 66.1 Å². The number of pyridine rings is 3. The predicted molar refractivity (Wildman–Crippen MR) is 92.5 cm³/mol. The number of hydrogen-bond acceptors (Lipinski definition) is 4. The van der Waals surface area contributed by atoms with Gasteiger partial charge in [-0.1, -0.05) is 0 Å². The van der Waals surface area contributed by atoms with Crippen LogP contribution in [-0.4, -0.2) is 27.8 Å². The Bertz CT molecular complexity index is 1030. The van der Waals surface area contributed by atoms with Gasteiger partial charge in [-0.05, 0) is 37.5 Å². The molecule has 0 atom stereocenters. The molecule has 1 aliphatic rings. The summed E-state index contributed by atoms with van der Waals surface area (Å²) in [5, 5.41) is 1.01. The molecule has 0 unspecified atom stereocenters. The van der Waals surface area contributed by atoms with Crippen LogP contribution < -0.4 is 11.1 Å². The van der Waals surface area contributed by atoms with Crippen LogP contribution in [0.25, 0.3) is 21.8 Å². The Morgan fingerprint density at radius 2 is 1.83 bits per heavy atom. The van der Waals surface area contributed by atoms with E-state index >= 15 is 0 Å². The summed E-state index contributed by atoms with van der Waals surface area (Å²) in [7, 11) is 1.64. The Labute approximate surface area is 138 Å². The molecule has 3 aromatic rings. The molecule has 0 radical (unpaired) electrons. The van der Waals surface area contributed by atoms with E-state index in [4.69, 9.17) is 4.74 Å². The van der Waals surface area contributed by atoms with Gasteiger partial charge in [0.15, 0.2) is 0 Å². The van der Waals surface area contributed by atoms with Crippen molar-refractivity contribution in [3.05, 3.63) is 51.3 Å². The van der Waals surface area contributed by atoms with Crippen molar-refractivity contribution in [3.63, 3.8) is 0 Å². The number of methoxy groups -OCH3 is 1. The predicted octanol–water partition coefficient (Wildman–Crippen LogP) is 2.08. The highest BCUT2D eigenvalue weighted by Gasteiger charge is 2.25. The third-order valence-corrected chi connectivity index (χ3v) is 4.53. The molecule has 1 aliphatic carbocycles. The summed E-state index contributed by atoms with van der Waals surface area (Å²) in [6.45, 7) is 1.19. The summed E-state index contributed by atoms with van der Waals surface area (Å²) in [6, 6.07) is 5.70. The van der Waals surface area contributed by atoms with Crippen molar-refractivity contribution >= 4 is 21.8 Å². The second-order valence-corrected chi connectivity index (χ2v) is 6.27. The first kappa shape index (κ1) is 15.1. The van der Waals surface area contributed by atoms with Gasteiger partial charge in [0.2, 0.25) is 0 Å². The highest BCUT2D eigenvalue weighted by molar-refractivity contribution is 5.91. The number of rotatable bonds is 5. The average Bonchev–Trinajstić information content (AvgIpc) is 3.41. The van der Waals surface area contributed by atoms with Crippen molar-refractivity contribution in [3.8, 4) is 0 Å². The van der Waals surface area contributed by atoms with Gasteiger partial charge >= 0.3 is 0 Å². The van der Waals surface area contributed by atoms with Crippen molar-refractivity contribution in [2.45, 2.75) is 31.8 Å². The fourth-order valence-electron chi connectivity index (χ4n) is 3.08. The normalized spacial score (nSPS) is 14.5. The van der Waals surface area contributed by atoms with Gasteiger partial charge in [-0.2, -0.15) is 0 Å². The van der Waals surface area contributed by atoms with E-state index in [9.17, 15) is 9.59 Å². The van der Waals surface area contributed by atoms with Crippen molar-refractivity contribution < 1.29 is 4.74 Å². The van der Waals surface area contributed by atoms with Crippen molar-refractivity contribution in [1.29, 1.82) is 0 Å². The molecule has 0 saturated heterocycles. The lowest BCUT2D eigenvalue weighted by Crippen LogP contribution is -2.22. The van der Waals surface area contributed by atoms with Gasteiger partial charge in [-0.25, -0.2) is 4.98 Å². The molecule has 3 heterocycles. The molecule has 0 bridgehead atoms. The van der Waals surface area contributed by atoms with Crippen LogP contribution in [0.4, 0.5) is 0 Å². The largest absolute Gasteiger partial charge is 0.385 e. The number of hydrogen-bond donors (Lipinski definition) is 0. The van der Waals surface area contributed by atoms with E-state index in [0.29, 0.717) is 41.0 Å². The zero-order valence-electron chi connectivity index (χ0n) is 13.6. The van der Waals surface area contributed by atoms with Crippen LogP contribution in [0.15, 0.2) is 40.2 Å². The molecule has 0 amide bonds. The number of aryl methyl sites for hydroxylation is 1. The fourth-order valence-corrected chi connectivity index (χ4v) is 3.08. The van der Waals surface area contributed by atoms with Gasteiger partial charge in [0.05, 0.1) is 21.8 Å². The molecule has 0 aromatic carbocycles. The quantitative estimate of drug-likeness (QED) is 0.532. The zero-order valence-corrected chi connectivity index (χ0v) is 13.6. The van der Waals surface area contributed by atoms with Gasteiger partial charge in [0.1, 0.15) is 0 Å². The zero-order chi connectivity index (χ0) is 16.7. The first-order valence-electron chi connectivity index (χ1n) is 8.23. The molecule has 0 spiro atoms. The lowest BCUT2D eigenvalue weighted by Gasteiger charge is -2.09. The van der Waals surface area contributed by atoms with Crippen LogP contribution in [0.3, 0.4) is 0 Å². The molecule has 6 nitrogen and oxygen atoms in total. The highest BCUT2D eigenvalue weighted by atomic mass is 16.5. The summed E-state index contributed by atoms with van der Waals surface area (Å²) < 4.78 is 8.44. The molecule has 24 heavy (non-hydrogen) atoms. The van der Waals surface area contributed by atoms with E-state index in [2.05, 4.69) is 4.98 Å². The number of fused-ring (bicyclic) bond motifs is 2. The van der Waals surface area contributed by atoms with Crippen LogP contribution in [0.2, 0.25) is 0 Å². The van der Waals surface area contributed by atoms with Crippen molar-refractivity contribution in [2.75, 3.05) is 13.7 Å². The Morgan fingerprint density at radius 3 is 2.54 bits per heavy atom. The third kappa shape index (κ3) is 2.53. The Kier molecular flexibility index (Phi) is 3.69. The minimum atomic E-state index is -0.112. The van der Waals surface area contributed by atoms with Crippen LogP contribution in [0, 0.1) is 0 Å².